The number of rotatable bonds is 6. The molecule has 1 amide bonds. The Bertz CT molecular complexity index is 504. The fourth-order valence-electron chi connectivity index (χ4n) is 2.85. The number of nitrogens with one attached hydrogen (secondary N) is 1. The van der Waals surface area contributed by atoms with E-state index in [-0.39, 0.29) is 30.4 Å². The number of esters is 1. The zero-order chi connectivity index (χ0) is 15.9. The molecule has 1 aromatic carbocycles. The Morgan fingerprint density at radius 3 is 2.77 bits per heavy atom. The first-order valence-electron chi connectivity index (χ1n) is 7.75. The van der Waals surface area contributed by atoms with Gasteiger partial charge in [0.1, 0.15) is 0 Å². The predicted molar refractivity (Wildman–Crippen MR) is 84.1 cm³/mol. The van der Waals surface area contributed by atoms with Crippen molar-refractivity contribution in [2.45, 2.75) is 44.8 Å². The number of methoxy groups -OCH3 is 1. The van der Waals surface area contributed by atoms with E-state index in [0.29, 0.717) is 0 Å². The zero-order valence-corrected chi connectivity index (χ0v) is 13.2. The van der Waals surface area contributed by atoms with Gasteiger partial charge in [-0.1, -0.05) is 30.3 Å². The number of likely N-dealkylation sites (tertiary alicyclic amines) is 1. The topological polar surface area (TPSA) is 58.6 Å². The van der Waals surface area contributed by atoms with Crippen molar-refractivity contribution < 1.29 is 14.3 Å². The van der Waals surface area contributed by atoms with Gasteiger partial charge in [-0.05, 0) is 31.9 Å². The molecule has 120 valence electrons. The quantitative estimate of drug-likeness (QED) is 0.813. The maximum absolute atomic E-state index is 12.4. The third-order valence-electron chi connectivity index (χ3n) is 3.98. The molecule has 1 fully saturated rings. The molecule has 0 aliphatic carbocycles. The van der Waals surface area contributed by atoms with Crippen LogP contribution in [0.2, 0.25) is 0 Å². The fourth-order valence-corrected chi connectivity index (χ4v) is 2.85. The van der Waals surface area contributed by atoms with E-state index in [1.54, 1.807) is 0 Å². The molecule has 2 rings (SSSR count). The van der Waals surface area contributed by atoms with Crippen LogP contribution in [0, 0.1) is 0 Å². The molecule has 5 nitrogen and oxygen atoms in total. The summed E-state index contributed by atoms with van der Waals surface area (Å²) in [6, 6.07) is 9.85. The first kappa shape index (κ1) is 16.5. The van der Waals surface area contributed by atoms with Gasteiger partial charge >= 0.3 is 5.97 Å². The molecule has 1 aromatic rings. The number of hydrogen-bond acceptors (Lipinski definition) is 4. The summed E-state index contributed by atoms with van der Waals surface area (Å²) >= 11 is 0. The number of carbonyl (C=O) groups is 2. The number of ether oxygens (including phenoxy) is 1. The largest absolute Gasteiger partial charge is 0.469 e. The van der Waals surface area contributed by atoms with Gasteiger partial charge in [-0.2, -0.15) is 0 Å². The van der Waals surface area contributed by atoms with Gasteiger partial charge in [0.15, 0.2) is 0 Å². The van der Waals surface area contributed by atoms with Crippen LogP contribution >= 0.6 is 0 Å². The Morgan fingerprint density at radius 1 is 1.36 bits per heavy atom. The van der Waals surface area contributed by atoms with Crippen LogP contribution in [0.15, 0.2) is 30.3 Å². The average Bonchev–Trinajstić information content (AvgIpc) is 2.96. The lowest BCUT2D eigenvalue weighted by Gasteiger charge is -2.25. The molecule has 1 N–H and O–H groups in total. The van der Waals surface area contributed by atoms with E-state index in [9.17, 15) is 9.59 Å². The summed E-state index contributed by atoms with van der Waals surface area (Å²) in [6.07, 6.45) is 2.09. The minimum absolute atomic E-state index is 0.00448. The molecular weight excluding hydrogens is 280 g/mol. The van der Waals surface area contributed by atoms with Crippen LogP contribution in [0.4, 0.5) is 0 Å². The van der Waals surface area contributed by atoms with Crippen molar-refractivity contribution in [2.75, 3.05) is 13.7 Å². The zero-order valence-electron chi connectivity index (χ0n) is 13.2. The first-order valence-corrected chi connectivity index (χ1v) is 7.75. The summed E-state index contributed by atoms with van der Waals surface area (Å²) in [4.78, 5) is 25.9. The van der Waals surface area contributed by atoms with Gasteiger partial charge in [-0.3, -0.25) is 14.5 Å². The highest BCUT2D eigenvalue weighted by molar-refractivity contribution is 5.83. The van der Waals surface area contributed by atoms with Gasteiger partial charge in [-0.15, -0.1) is 0 Å². The maximum Gasteiger partial charge on any atom is 0.307 e. The number of benzene rings is 1. The summed E-state index contributed by atoms with van der Waals surface area (Å²) in [5, 5.41) is 2.92. The van der Waals surface area contributed by atoms with Crippen LogP contribution in [-0.4, -0.2) is 42.5 Å². The molecule has 2 unspecified atom stereocenters. The molecular formula is C17H24N2O3. The Balaban J connectivity index is 1.89. The molecule has 0 radical (unpaired) electrons. The summed E-state index contributed by atoms with van der Waals surface area (Å²) < 4.78 is 4.63. The van der Waals surface area contributed by atoms with Crippen molar-refractivity contribution in [3.8, 4) is 0 Å². The van der Waals surface area contributed by atoms with Crippen LogP contribution in [-0.2, 0) is 20.9 Å². The Labute approximate surface area is 131 Å². The standard InChI is InChI=1S/C17H24N2O3/c1-13(11-16(20)22-2)18-17(21)15-9-6-10-19(15)12-14-7-4-3-5-8-14/h3-5,7-8,13,15H,6,9-12H2,1-2H3,(H,18,21). The highest BCUT2D eigenvalue weighted by atomic mass is 16.5. The van der Waals surface area contributed by atoms with E-state index >= 15 is 0 Å². The minimum Gasteiger partial charge on any atom is -0.469 e. The second kappa shape index (κ2) is 7.94. The normalized spacial score (nSPS) is 19.6. The molecule has 0 spiro atoms. The van der Waals surface area contributed by atoms with Crippen LogP contribution in [0.3, 0.4) is 0 Å². The molecule has 0 saturated carbocycles. The van der Waals surface area contributed by atoms with Gasteiger partial charge in [0.05, 0.1) is 19.6 Å². The summed E-state index contributed by atoms with van der Waals surface area (Å²) in [5.41, 5.74) is 1.21. The van der Waals surface area contributed by atoms with Gasteiger partial charge in [0, 0.05) is 12.6 Å². The lowest BCUT2D eigenvalue weighted by molar-refractivity contribution is -0.141. The molecule has 1 aliphatic rings. The first-order chi connectivity index (χ1) is 10.6. The molecule has 5 heteroatoms. The van der Waals surface area contributed by atoms with E-state index < -0.39 is 0 Å². The molecule has 0 aromatic heterocycles. The highest BCUT2D eigenvalue weighted by Crippen LogP contribution is 2.20. The van der Waals surface area contributed by atoms with E-state index in [1.807, 2.05) is 25.1 Å². The maximum atomic E-state index is 12.4. The summed E-state index contributed by atoms with van der Waals surface area (Å²) in [5.74, 6) is -0.301. The Morgan fingerprint density at radius 2 is 2.09 bits per heavy atom. The van der Waals surface area contributed by atoms with Gasteiger partial charge < -0.3 is 10.1 Å². The molecule has 1 saturated heterocycles. The second-order valence-electron chi connectivity index (χ2n) is 5.80. The number of hydrogen-bond donors (Lipinski definition) is 1. The van der Waals surface area contributed by atoms with Gasteiger partial charge in [0.2, 0.25) is 5.91 Å². The van der Waals surface area contributed by atoms with E-state index in [2.05, 4.69) is 27.1 Å². The lowest BCUT2D eigenvalue weighted by atomic mass is 10.1. The van der Waals surface area contributed by atoms with E-state index in [1.165, 1.54) is 12.7 Å². The molecule has 0 bridgehead atoms. The summed E-state index contributed by atoms with van der Waals surface area (Å²) in [7, 11) is 1.36. The van der Waals surface area contributed by atoms with Crippen molar-refractivity contribution in [3.05, 3.63) is 35.9 Å². The van der Waals surface area contributed by atoms with Crippen molar-refractivity contribution in [2.24, 2.45) is 0 Å². The highest BCUT2D eigenvalue weighted by Gasteiger charge is 2.31. The third-order valence-corrected chi connectivity index (χ3v) is 3.98. The summed E-state index contributed by atoms with van der Waals surface area (Å²) in [6.45, 7) is 3.54. The van der Waals surface area contributed by atoms with Crippen LogP contribution in [0.5, 0.6) is 0 Å². The molecule has 1 heterocycles. The monoisotopic (exact) mass is 304 g/mol. The number of carbonyl (C=O) groups excluding carboxylic acids is 2. The third kappa shape index (κ3) is 4.56. The molecule has 22 heavy (non-hydrogen) atoms. The smallest absolute Gasteiger partial charge is 0.307 e. The predicted octanol–water partition coefficient (Wildman–Crippen LogP) is 1.72. The lowest BCUT2D eigenvalue weighted by Crippen LogP contribution is -2.46. The van der Waals surface area contributed by atoms with Crippen molar-refractivity contribution >= 4 is 11.9 Å². The Hall–Kier alpha value is -1.88. The van der Waals surface area contributed by atoms with E-state index in [0.717, 1.165) is 25.9 Å². The molecule has 2 atom stereocenters. The van der Waals surface area contributed by atoms with Crippen molar-refractivity contribution in [1.29, 1.82) is 0 Å². The molecule has 1 aliphatic heterocycles. The number of amides is 1. The Kier molecular flexibility index (Phi) is 5.95. The van der Waals surface area contributed by atoms with Crippen LogP contribution in [0.1, 0.15) is 31.7 Å². The minimum atomic E-state index is -0.305. The average molecular weight is 304 g/mol. The van der Waals surface area contributed by atoms with Crippen LogP contribution < -0.4 is 5.32 Å². The van der Waals surface area contributed by atoms with E-state index in [4.69, 9.17) is 0 Å². The SMILES string of the molecule is COC(=O)CC(C)NC(=O)C1CCCN1Cc1ccccc1. The second-order valence-corrected chi connectivity index (χ2v) is 5.80. The van der Waals surface area contributed by atoms with Crippen LogP contribution in [0.25, 0.3) is 0 Å². The van der Waals surface area contributed by atoms with Crippen molar-refractivity contribution in [3.63, 3.8) is 0 Å². The number of nitrogens with zero attached hydrogens (tertiary/aromatic N) is 1. The fraction of sp³-hybridized carbons (Fsp3) is 0.529. The van der Waals surface area contributed by atoms with Crippen molar-refractivity contribution in [1.82, 2.24) is 10.2 Å². The van der Waals surface area contributed by atoms with Gasteiger partial charge in [-0.25, -0.2) is 0 Å². The van der Waals surface area contributed by atoms with Gasteiger partial charge in [0.25, 0.3) is 0 Å².